The molecule has 0 spiro atoms. The van der Waals surface area contributed by atoms with E-state index in [4.69, 9.17) is 5.73 Å². The molecule has 3 aromatic heterocycles. The van der Waals surface area contributed by atoms with E-state index in [1.54, 1.807) is 22.2 Å². The van der Waals surface area contributed by atoms with Gasteiger partial charge >= 0.3 is 0 Å². The summed E-state index contributed by atoms with van der Waals surface area (Å²) in [7, 11) is 1.84. The molecule has 0 aliphatic carbocycles. The fourth-order valence-corrected chi connectivity index (χ4v) is 4.67. The van der Waals surface area contributed by atoms with E-state index in [0.717, 1.165) is 44.7 Å². The van der Waals surface area contributed by atoms with Crippen LogP contribution in [-0.2, 0) is 20.1 Å². The molecule has 27 heavy (non-hydrogen) atoms. The number of aromatic nitrogens is 3. The quantitative estimate of drug-likeness (QED) is 0.712. The Morgan fingerprint density at radius 2 is 2.22 bits per heavy atom. The van der Waals surface area contributed by atoms with Gasteiger partial charge in [-0.2, -0.15) is 5.10 Å². The van der Waals surface area contributed by atoms with Gasteiger partial charge in [-0.3, -0.25) is 14.4 Å². The van der Waals surface area contributed by atoms with Gasteiger partial charge in [0, 0.05) is 49.0 Å². The molecule has 0 radical (unpaired) electrons. The van der Waals surface area contributed by atoms with E-state index in [2.05, 4.69) is 50.4 Å². The number of amides is 1. The second-order valence-electron chi connectivity index (χ2n) is 7.25. The van der Waals surface area contributed by atoms with Crippen LogP contribution in [0, 0.1) is 0 Å². The van der Waals surface area contributed by atoms with Crippen LogP contribution in [0.4, 0.5) is 0 Å². The van der Waals surface area contributed by atoms with Gasteiger partial charge in [0.25, 0.3) is 5.91 Å². The maximum atomic E-state index is 11.8. The zero-order valence-electron chi connectivity index (χ0n) is 15.5. The number of primary amides is 1. The van der Waals surface area contributed by atoms with Gasteiger partial charge in [0.1, 0.15) is 0 Å². The number of piperidine rings is 1. The number of aryl methyl sites for hydroxylation is 1. The first-order chi connectivity index (χ1) is 13.1. The molecule has 0 unspecified atom stereocenters. The summed E-state index contributed by atoms with van der Waals surface area (Å²) in [5.41, 5.74) is 8.29. The van der Waals surface area contributed by atoms with Crippen molar-refractivity contribution < 1.29 is 4.79 Å². The predicted molar refractivity (Wildman–Crippen MR) is 107 cm³/mol. The van der Waals surface area contributed by atoms with Crippen molar-refractivity contribution in [2.45, 2.75) is 31.8 Å². The van der Waals surface area contributed by atoms with Crippen LogP contribution >= 0.6 is 11.3 Å². The zero-order chi connectivity index (χ0) is 18.8. The third kappa shape index (κ3) is 3.99. The first-order valence-electron chi connectivity index (χ1n) is 9.32. The topological polar surface area (TPSA) is 69.1 Å². The zero-order valence-corrected chi connectivity index (χ0v) is 16.4. The smallest absolute Gasteiger partial charge is 0.252 e. The lowest BCUT2D eigenvalue weighted by Gasteiger charge is -2.32. The molecule has 1 aliphatic heterocycles. The minimum Gasteiger partial charge on any atom is -0.365 e. The van der Waals surface area contributed by atoms with Crippen LogP contribution in [-0.4, -0.2) is 38.2 Å². The lowest BCUT2D eigenvalue weighted by molar-refractivity contribution is 0.0997. The van der Waals surface area contributed by atoms with Crippen molar-refractivity contribution in [3.8, 4) is 0 Å². The SMILES string of the molecule is Cn1cc(C(N)=O)c([C@H]2CCCN(Cc3cccn3Cc3cccs3)C2)n1. The monoisotopic (exact) mass is 383 g/mol. The highest BCUT2D eigenvalue weighted by Gasteiger charge is 2.27. The molecule has 1 fully saturated rings. The van der Waals surface area contributed by atoms with Crippen molar-refractivity contribution in [2.75, 3.05) is 13.1 Å². The molecule has 1 atom stereocenters. The van der Waals surface area contributed by atoms with E-state index in [1.165, 1.54) is 10.6 Å². The number of hydrogen-bond donors (Lipinski definition) is 1. The molecule has 7 heteroatoms. The van der Waals surface area contributed by atoms with E-state index >= 15 is 0 Å². The molecule has 2 N–H and O–H groups in total. The Kier molecular flexibility index (Phi) is 5.13. The van der Waals surface area contributed by atoms with Crippen molar-refractivity contribution in [1.29, 1.82) is 0 Å². The van der Waals surface area contributed by atoms with Crippen LogP contribution in [0.15, 0.2) is 42.0 Å². The maximum Gasteiger partial charge on any atom is 0.252 e. The lowest BCUT2D eigenvalue weighted by Crippen LogP contribution is -2.35. The van der Waals surface area contributed by atoms with Gasteiger partial charge in [0.2, 0.25) is 0 Å². The largest absolute Gasteiger partial charge is 0.365 e. The highest BCUT2D eigenvalue weighted by Crippen LogP contribution is 2.29. The highest BCUT2D eigenvalue weighted by atomic mass is 32.1. The minimum absolute atomic E-state index is 0.253. The van der Waals surface area contributed by atoms with Crippen molar-refractivity contribution in [1.82, 2.24) is 19.2 Å². The predicted octanol–water partition coefficient (Wildman–Crippen LogP) is 2.81. The summed E-state index contributed by atoms with van der Waals surface area (Å²) in [5, 5.41) is 6.66. The molecule has 4 rings (SSSR count). The van der Waals surface area contributed by atoms with Gasteiger partial charge in [-0.05, 0) is 43.0 Å². The summed E-state index contributed by atoms with van der Waals surface area (Å²) in [5.74, 6) is -0.136. The Balaban J connectivity index is 1.47. The number of nitrogens with two attached hydrogens (primary N) is 1. The van der Waals surface area contributed by atoms with Crippen LogP contribution in [0.5, 0.6) is 0 Å². The number of hydrogen-bond acceptors (Lipinski definition) is 4. The molecule has 0 bridgehead atoms. The summed E-state index contributed by atoms with van der Waals surface area (Å²) in [6.07, 6.45) is 6.04. The highest BCUT2D eigenvalue weighted by molar-refractivity contribution is 7.09. The number of rotatable bonds is 6. The number of carbonyl (C=O) groups is 1. The summed E-state index contributed by atoms with van der Waals surface area (Å²) in [4.78, 5) is 15.6. The average molecular weight is 384 g/mol. The molecule has 142 valence electrons. The molecule has 1 amide bonds. The van der Waals surface area contributed by atoms with Gasteiger partial charge in [-0.15, -0.1) is 11.3 Å². The summed E-state index contributed by atoms with van der Waals surface area (Å²) < 4.78 is 4.02. The Labute approximate surface area is 163 Å². The Hall–Kier alpha value is -2.38. The molecule has 1 saturated heterocycles. The van der Waals surface area contributed by atoms with Crippen molar-refractivity contribution in [3.63, 3.8) is 0 Å². The number of carbonyl (C=O) groups excluding carboxylic acids is 1. The number of likely N-dealkylation sites (tertiary alicyclic amines) is 1. The van der Waals surface area contributed by atoms with E-state index in [9.17, 15) is 4.79 Å². The third-order valence-corrected chi connectivity index (χ3v) is 6.09. The fraction of sp³-hybridized carbons (Fsp3) is 0.400. The average Bonchev–Trinajstić information content (AvgIpc) is 3.38. The van der Waals surface area contributed by atoms with Gasteiger partial charge in [-0.25, -0.2) is 0 Å². The fourth-order valence-electron chi connectivity index (χ4n) is 3.97. The second-order valence-corrected chi connectivity index (χ2v) is 8.28. The molecule has 0 saturated carbocycles. The summed E-state index contributed by atoms with van der Waals surface area (Å²) in [6.45, 7) is 3.80. The van der Waals surface area contributed by atoms with Crippen LogP contribution in [0.2, 0.25) is 0 Å². The van der Waals surface area contributed by atoms with Crippen LogP contribution in [0.25, 0.3) is 0 Å². The first-order valence-corrected chi connectivity index (χ1v) is 10.2. The molecular weight excluding hydrogens is 358 g/mol. The third-order valence-electron chi connectivity index (χ3n) is 5.23. The van der Waals surface area contributed by atoms with Gasteiger partial charge in [0.05, 0.1) is 17.8 Å². The normalized spacial score (nSPS) is 18.0. The summed E-state index contributed by atoms with van der Waals surface area (Å²) in [6, 6.07) is 8.60. The van der Waals surface area contributed by atoms with E-state index < -0.39 is 0 Å². The maximum absolute atomic E-state index is 11.8. The van der Waals surface area contributed by atoms with Gasteiger partial charge < -0.3 is 10.3 Å². The van der Waals surface area contributed by atoms with Gasteiger partial charge in [0.15, 0.2) is 0 Å². The Bertz CT molecular complexity index is 911. The number of thiophene rings is 1. The molecule has 0 aromatic carbocycles. The molecular formula is C20H25N5OS. The van der Waals surface area contributed by atoms with Crippen LogP contribution < -0.4 is 5.73 Å². The van der Waals surface area contributed by atoms with Crippen LogP contribution in [0.3, 0.4) is 0 Å². The molecule has 4 heterocycles. The van der Waals surface area contributed by atoms with E-state index in [0.29, 0.717) is 5.56 Å². The van der Waals surface area contributed by atoms with Crippen molar-refractivity contribution in [2.24, 2.45) is 12.8 Å². The molecule has 3 aromatic rings. The van der Waals surface area contributed by atoms with Crippen LogP contribution in [0.1, 0.15) is 45.4 Å². The molecule has 1 aliphatic rings. The second kappa shape index (κ2) is 7.70. The van der Waals surface area contributed by atoms with Crippen molar-refractivity contribution in [3.05, 3.63) is 63.9 Å². The van der Waals surface area contributed by atoms with E-state index in [1.807, 2.05) is 7.05 Å². The standard InChI is InChI=1S/C20H25N5OS/c1-23-14-18(20(21)26)19(22-23)15-5-2-8-24(11-15)12-16-6-3-9-25(16)13-17-7-4-10-27-17/h3-4,6-7,9-10,14-15H,2,5,8,11-13H2,1H3,(H2,21,26)/t15-/m0/s1. The Morgan fingerprint density at radius 3 is 3.00 bits per heavy atom. The van der Waals surface area contributed by atoms with Crippen molar-refractivity contribution >= 4 is 17.2 Å². The summed E-state index contributed by atoms with van der Waals surface area (Å²) >= 11 is 1.79. The Morgan fingerprint density at radius 1 is 1.33 bits per heavy atom. The van der Waals surface area contributed by atoms with Gasteiger partial charge in [-0.1, -0.05) is 6.07 Å². The van der Waals surface area contributed by atoms with E-state index in [-0.39, 0.29) is 11.8 Å². The number of nitrogens with zero attached hydrogens (tertiary/aromatic N) is 4. The molecule has 6 nitrogen and oxygen atoms in total. The first kappa shape index (κ1) is 18.0. The lowest BCUT2D eigenvalue weighted by atomic mass is 9.92. The minimum atomic E-state index is -0.389.